The normalized spacial score (nSPS) is 67.1. The zero-order valence-corrected chi connectivity index (χ0v) is 13.4. The summed E-state index contributed by atoms with van der Waals surface area (Å²) in [6.07, 6.45) is 4.94. The maximum absolute atomic E-state index is 11.4. The van der Waals surface area contributed by atoms with Gasteiger partial charge in [-0.05, 0) is 54.3 Å². The van der Waals surface area contributed by atoms with Crippen molar-refractivity contribution in [3.63, 3.8) is 0 Å². The van der Waals surface area contributed by atoms with Gasteiger partial charge in [0.25, 0.3) is 0 Å². The summed E-state index contributed by atoms with van der Waals surface area (Å²) in [5.41, 5.74) is -1.93. The van der Waals surface area contributed by atoms with Gasteiger partial charge in [0.15, 0.2) is 0 Å². The number of aliphatic hydroxyl groups is 3. The summed E-state index contributed by atoms with van der Waals surface area (Å²) in [7, 11) is 0. The minimum absolute atomic E-state index is 0.0152. The molecular formula is C18H28O3. The van der Waals surface area contributed by atoms with Gasteiger partial charge in [-0.3, -0.25) is 0 Å². The van der Waals surface area contributed by atoms with E-state index in [2.05, 4.69) is 20.8 Å². The van der Waals surface area contributed by atoms with E-state index in [0.717, 1.165) is 25.7 Å². The van der Waals surface area contributed by atoms with Crippen LogP contribution in [-0.4, -0.2) is 32.1 Å². The second-order valence-electron chi connectivity index (χ2n) is 10.3. The van der Waals surface area contributed by atoms with Gasteiger partial charge in [-0.25, -0.2) is 0 Å². The van der Waals surface area contributed by atoms with Crippen LogP contribution < -0.4 is 0 Å². The smallest absolute Gasteiger partial charge is 0.0761 e. The van der Waals surface area contributed by atoms with E-state index < -0.39 is 16.8 Å². The Morgan fingerprint density at radius 3 is 1.81 bits per heavy atom. The predicted molar refractivity (Wildman–Crippen MR) is 78.4 cm³/mol. The van der Waals surface area contributed by atoms with Crippen molar-refractivity contribution in [1.29, 1.82) is 0 Å². The van der Waals surface area contributed by atoms with Gasteiger partial charge in [-0.2, -0.15) is 0 Å². The van der Waals surface area contributed by atoms with E-state index in [0.29, 0.717) is 30.6 Å². The minimum Gasteiger partial charge on any atom is -0.390 e. The van der Waals surface area contributed by atoms with Crippen LogP contribution in [-0.2, 0) is 0 Å². The van der Waals surface area contributed by atoms with Crippen LogP contribution in [0.5, 0.6) is 0 Å². The fraction of sp³-hybridized carbons (Fsp3) is 1.00. The van der Waals surface area contributed by atoms with E-state index in [9.17, 15) is 15.3 Å². The molecule has 7 aliphatic carbocycles. The van der Waals surface area contributed by atoms with Crippen LogP contribution >= 0.6 is 0 Å². The van der Waals surface area contributed by atoms with Gasteiger partial charge >= 0.3 is 0 Å². The molecule has 0 spiro atoms. The maximum atomic E-state index is 11.4. The number of rotatable bonds is 0. The third kappa shape index (κ3) is 1.20. The van der Waals surface area contributed by atoms with Gasteiger partial charge in [0, 0.05) is 18.8 Å². The van der Waals surface area contributed by atoms with E-state index >= 15 is 0 Å². The summed E-state index contributed by atoms with van der Waals surface area (Å²) in [6.45, 7) is 7.00. The number of hydrogen-bond donors (Lipinski definition) is 3. The Hall–Kier alpha value is -0.120. The van der Waals surface area contributed by atoms with Crippen molar-refractivity contribution < 1.29 is 15.3 Å². The molecule has 3 nitrogen and oxygen atoms in total. The molecule has 0 aliphatic heterocycles. The zero-order valence-electron chi connectivity index (χ0n) is 13.4. The lowest BCUT2D eigenvalue weighted by atomic mass is 9.27. The molecule has 4 unspecified atom stereocenters. The molecule has 7 fully saturated rings. The molecule has 0 amide bonds. The van der Waals surface area contributed by atoms with E-state index in [1.54, 1.807) is 0 Å². The maximum Gasteiger partial charge on any atom is 0.0761 e. The lowest BCUT2D eigenvalue weighted by Gasteiger charge is -2.80. The first-order valence-corrected chi connectivity index (χ1v) is 8.70. The molecule has 0 saturated heterocycles. The van der Waals surface area contributed by atoms with E-state index in [4.69, 9.17) is 0 Å². The number of hydrogen-bond acceptors (Lipinski definition) is 3. The van der Waals surface area contributed by atoms with Crippen LogP contribution in [0.1, 0.15) is 59.3 Å². The largest absolute Gasteiger partial charge is 0.390 e. The molecule has 0 heterocycles. The Morgan fingerprint density at radius 2 is 1.33 bits per heavy atom. The molecule has 21 heavy (non-hydrogen) atoms. The molecule has 0 aromatic heterocycles. The molecule has 7 rings (SSSR count). The predicted octanol–water partition coefficient (Wildman–Crippen LogP) is 2.09. The molecule has 118 valence electrons. The second-order valence-corrected chi connectivity index (χ2v) is 10.3. The van der Waals surface area contributed by atoms with Gasteiger partial charge in [0.1, 0.15) is 0 Å². The van der Waals surface area contributed by atoms with Crippen molar-refractivity contribution in [1.82, 2.24) is 0 Å². The van der Waals surface area contributed by atoms with Crippen LogP contribution in [0, 0.1) is 34.5 Å². The molecule has 7 saturated carbocycles. The van der Waals surface area contributed by atoms with E-state index in [-0.39, 0.29) is 16.7 Å². The van der Waals surface area contributed by atoms with Gasteiger partial charge < -0.3 is 15.3 Å². The van der Waals surface area contributed by atoms with E-state index in [1.165, 1.54) is 0 Å². The first kappa shape index (κ1) is 13.3. The Balaban J connectivity index is 1.70. The Labute approximate surface area is 126 Å². The first-order chi connectivity index (χ1) is 9.53. The van der Waals surface area contributed by atoms with Crippen LogP contribution in [0.2, 0.25) is 0 Å². The van der Waals surface area contributed by atoms with Crippen LogP contribution in [0.25, 0.3) is 0 Å². The van der Waals surface area contributed by atoms with Gasteiger partial charge in [0.2, 0.25) is 0 Å². The zero-order chi connectivity index (χ0) is 15.1. The van der Waals surface area contributed by atoms with Crippen molar-refractivity contribution in [3.05, 3.63) is 0 Å². The summed E-state index contributed by atoms with van der Waals surface area (Å²) in [6, 6.07) is 0. The summed E-state index contributed by atoms with van der Waals surface area (Å²) in [4.78, 5) is 0. The molecule has 4 atom stereocenters. The van der Waals surface area contributed by atoms with E-state index in [1.807, 2.05) is 0 Å². The quantitative estimate of drug-likeness (QED) is 0.640. The summed E-state index contributed by atoms with van der Waals surface area (Å²) >= 11 is 0. The minimum atomic E-state index is -0.809. The van der Waals surface area contributed by atoms with Crippen molar-refractivity contribution in [3.8, 4) is 0 Å². The lowest BCUT2D eigenvalue weighted by molar-refractivity contribution is -0.393. The summed E-state index contributed by atoms with van der Waals surface area (Å²) < 4.78 is 0. The Morgan fingerprint density at radius 1 is 0.810 bits per heavy atom. The SMILES string of the molecule is CC(C)(C)C12CC3C4CC5(O)CC3(O)C(C1)C(O)(C5)C4C2. The van der Waals surface area contributed by atoms with Crippen LogP contribution in [0.15, 0.2) is 0 Å². The third-order valence-corrected chi connectivity index (χ3v) is 8.77. The summed E-state index contributed by atoms with van der Waals surface area (Å²) in [5, 5.41) is 33.6. The van der Waals surface area contributed by atoms with Gasteiger partial charge in [-0.1, -0.05) is 20.8 Å². The van der Waals surface area contributed by atoms with Crippen LogP contribution in [0.4, 0.5) is 0 Å². The topological polar surface area (TPSA) is 60.7 Å². The summed E-state index contributed by atoms with van der Waals surface area (Å²) in [5.74, 6) is 0.920. The first-order valence-electron chi connectivity index (χ1n) is 8.70. The average molecular weight is 292 g/mol. The lowest BCUT2D eigenvalue weighted by Crippen LogP contribution is -2.83. The molecule has 0 radical (unpaired) electrons. The Bertz CT molecular complexity index is 505. The molecule has 3 N–H and O–H groups in total. The molecule has 8 bridgehead atoms. The van der Waals surface area contributed by atoms with Crippen molar-refractivity contribution in [2.45, 2.75) is 76.1 Å². The Kier molecular flexibility index (Phi) is 1.96. The molecule has 0 aromatic rings. The molecule has 0 aromatic carbocycles. The highest BCUT2D eigenvalue weighted by Gasteiger charge is 2.81. The van der Waals surface area contributed by atoms with Gasteiger partial charge in [-0.15, -0.1) is 0 Å². The molecule has 7 aliphatic rings. The van der Waals surface area contributed by atoms with Crippen molar-refractivity contribution >= 4 is 0 Å². The molecule has 3 heteroatoms. The molecular weight excluding hydrogens is 264 g/mol. The average Bonchev–Trinajstić information content (AvgIpc) is 2.32. The monoisotopic (exact) mass is 292 g/mol. The standard InChI is InChI=1S/C18H28O3/c1-14(2,3)15-5-11-10-4-16(19)8-17(11,20)13(7-15)18(21,9-16)12(10)6-15/h10-13,19-21H,4-9H2,1-3H3. The van der Waals surface area contributed by atoms with Crippen molar-refractivity contribution in [2.75, 3.05) is 0 Å². The second kappa shape index (κ2) is 3.09. The fourth-order valence-electron chi connectivity index (χ4n) is 7.88. The fourth-order valence-corrected chi connectivity index (χ4v) is 7.88. The van der Waals surface area contributed by atoms with Gasteiger partial charge in [0.05, 0.1) is 16.8 Å². The third-order valence-electron chi connectivity index (χ3n) is 8.77. The van der Waals surface area contributed by atoms with Crippen LogP contribution in [0.3, 0.4) is 0 Å². The highest BCUT2D eigenvalue weighted by molar-refractivity contribution is 5.31. The highest BCUT2D eigenvalue weighted by atomic mass is 16.3. The van der Waals surface area contributed by atoms with Crippen molar-refractivity contribution in [2.24, 2.45) is 34.5 Å². The highest BCUT2D eigenvalue weighted by Crippen LogP contribution is 2.79.